The van der Waals surface area contributed by atoms with Crippen LogP contribution in [0.15, 0.2) is 18.2 Å². The van der Waals surface area contributed by atoms with Crippen molar-refractivity contribution >= 4 is 17.5 Å². The number of hydrogen-bond donors (Lipinski definition) is 2. The fraction of sp³-hybridized carbons (Fsp3) is 0.333. The highest BCUT2D eigenvalue weighted by molar-refractivity contribution is 5.98. The largest absolute Gasteiger partial charge is 0.399 e. The van der Waals surface area contributed by atoms with E-state index in [2.05, 4.69) is 5.32 Å². The number of benzene rings is 1. The number of nitrogens with two attached hydrogens (primary N) is 1. The topological polar surface area (TPSA) is 75.4 Å². The van der Waals surface area contributed by atoms with Crippen molar-refractivity contribution in [3.05, 3.63) is 29.6 Å². The fourth-order valence-corrected chi connectivity index (χ4v) is 1.94. The van der Waals surface area contributed by atoms with Crippen molar-refractivity contribution in [2.75, 3.05) is 19.3 Å². The zero-order valence-corrected chi connectivity index (χ0v) is 9.94. The number of carbonyl (C=O) groups is 2. The maximum absolute atomic E-state index is 13.1. The predicted molar refractivity (Wildman–Crippen MR) is 64.3 cm³/mol. The van der Waals surface area contributed by atoms with E-state index in [1.165, 1.54) is 6.07 Å². The number of nitrogens with zero attached hydrogens (tertiary/aromatic N) is 1. The molecule has 96 valence electrons. The van der Waals surface area contributed by atoms with Crippen molar-refractivity contribution < 1.29 is 14.0 Å². The molecule has 1 aromatic rings. The van der Waals surface area contributed by atoms with Crippen LogP contribution in [-0.2, 0) is 4.79 Å². The number of likely N-dealkylation sites (N-methyl/N-ethyl adjacent to an activating group) is 1. The second kappa shape index (κ2) is 4.64. The van der Waals surface area contributed by atoms with E-state index in [1.807, 2.05) is 0 Å². The van der Waals surface area contributed by atoms with Gasteiger partial charge in [0.1, 0.15) is 11.9 Å². The zero-order chi connectivity index (χ0) is 13.3. The number of likely N-dealkylation sites (tertiary alicyclic amines) is 1. The van der Waals surface area contributed by atoms with Crippen molar-refractivity contribution in [2.24, 2.45) is 0 Å². The third kappa shape index (κ3) is 2.42. The minimum atomic E-state index is -0.574. The Labute approximate surface area is 104 Å². The SMILES string of the molecule is CN1CCC(NC(=O)c2cc(N)cc(F)c2)C1=O. The summed E-state index contributed by atoms with van der Waals surface area (Å²) in [5.41, 5.74) is 5.76. The average Bonchev–Trinajstić information content (AvgIpc) is 2.59. The number of hydrogen-bond acceptors (Lipinski definition) is 3. The van der Waals surface area contributed by atoms with Crippen molar-refractivity contribution in [3.8, 4) is 0 Å². The Kier molecular flexibility index (Phi) is 3.18. The molecule has 0 aromatic heterocycles. The number of halogens is 1. The highest BCUT2D eigenvalue weighted by Crippen LogP contribution is 2.13. The zero-order valence-electron chi connectivity index (χ0n) is 9.94. The molecule has 3 N–H and O–H groups in total. The fourth-order valence-electron chi connectivity index (χ4n) is 1.94. The van der Waals surface area contributed by atoms with E-state index in [9.17, 15) is 14.0 Å². The molecule has 1 saturated heterocycles. The molecule has 1 atom stereocenters. The number of rotatable bonds is 2. The Morgan fingerprint density at radius 1 is 1.50 bits per heavy atom. The lowest BCUT2D eigenvalue weighted by molar-refractivity contribution is -0.128. The smallest absolute Gasteiger partial charge is 0.252 e. The molecule has 1 unspecified atom stereocenters. The van der Waals surface area contributed by atoms with E-state index in [1.54, 1.807) is 11.9 Å². The van der Waals surface area contributed by atoms with E-state index < -0.39 is 17.8 Å². The molecule has 0 bridgehead atoms. The maximum atomic E-state index is 13.1. The Hall–Kier alpha value is -2.11. The van der Waals surface area contributed by atoms with E-state index in [4.69, 9.17) is 5.73 Å². The van der Waals surface area contributed by atoms with Gasteiger partial charge in [-0.1, -0.05) is 0 Å². The Morgan fingerprint density at radius 2 is 2.22 bits per heavy atom. The lowest BCUT2D eigenvalue weighted by Gasteiger charge is -2.12. The molecule has 0 aliphatic carbocycles. The van der Waals surface area contributed by atoms with Gasteiger partial charge in [-0.15, -0.1) is 0 Å². The van der Waals surface area contributed by atoms with Crippen LogP contribution in [0.5, 0.6) is 0 Å². The van der Waals surface area contributed by atoms with Crippen LogP contribution in [0.1, 0.15) is 16.8 Å². The van der Waals surface area contributed by atoms with Crippen LogP contribution in [0, 0.1) is 5.82 Å². The van der Waals surface area contributed by atoms with Crippen molar-refractivity contribution in [1.29, 1.82) is 0 Å². The summed E-state index contributed by atoms with van der Waals surface area (Å²) < 4.78 is 13.1. The third-order valence-corrected chi connectivity index (χ3v) is 2.92. The molecular weight excluding hydrogens is 237 g/mol. The summed E-state index contributed by atoms with van der Waals surface area (Å²) in [6.07, 6.45) is 0.561. The van der Waals surface area contributed by atoms with E-state index >= 15 is 0 Å². The molecule has 0 spiro atoms. The van der Waals surface area contributed by atoms with Crippen LogP contribution in [0.3, 0.4) is 0 Å². The molecule has 0 radical (unpaired) electrons. The molecule has 1 aromatic carbocycles. The lowest BCUT2D eigenvalue weighted by Crippen LogP contribution is -2.40. The van der Waals surface area contributed by atoms with Crippen LogP contribution in [-0.4, -0.2) is 36.3 Å². The Morgan fingerprint density at radius 3 is 2.78 bits per heavy atom. The summed E-state index contributed by atoms with van der Waals surface area (Å²) in [4.78, 5) is 25.0. The predicted octanol–water partition coefficient (Wildman–Crippen LogP) is 0.368. The van der Waals surface area contributed by atoms with E-state index in [-0.39, 0.29) is 17.2 Å². The number of amides is 2. The highest BCUT2D eigenvalue weighted by atomic mass is 19.1. The van der Waals surface area contributed by atoms with Crippen molar-refractivity contribution in [1.82, 2.24) is 10.2 Å². The van der Waals surface area contributed by atoms with Crippen molar-refractivity contribution in [3.63, 3.8) is 0 Å². The third-order valence-electron chi connectivity index (χ3n) is 2.92. The van der Waals surface area contributed by atoms with Gasteiger partial charge >= 0.3 is 0 Å². The molecule has 5 nitrogen and oxygen atoms in total. The molecule has 1 aliphatic rings. The van der Waals surface area contributed by atoms with Gasteiger partial charge in [-0.2, -0.15) is 0 Å². The first kappa shape index (κ1) is 12.3. The molecule has 2 rings (SSSR count). The van der Waals surface area contributed by atoms with Gasteiger partial charge < -0.3 is 16.0 Å². The molecular formula is C12H14FN3O2. The molecule has 18 heavy (non-hydrogen) atoms. The van der Waals surface area contributed by atoms with E-state index in [0.29, 0.717) is 13.0 Å². The first-order valence-corrected chi connectivity index (χ1v) is 5.59. The number of nitrogen functional groups attached to an aromatic ring is 1. The van der Waals surface area contributed by atoms with Gasteiger partial charge in [-0.25, -0.2) is 4.39 Å². The van der Waals surface area contributed by atoms with Gasteiger partial charge in [0.2, 0.25) is 5.91 Å². The number of nitrogens with one attached hydrogen (secondary N) is 1. The van der Waals surface area contributed by atoms with Crippen molar-refractivity contribution in [2.45, 2.75) is 12.5 Å². The monoisotopic (exact) mass is 251 g/mol. The summed E-state index contributed by atoms with van der Waals surface area (Å²) >= 11 is 0. The minimum absolute atomic E-state index is 0.120. The molecule has 1 aliphatic heterocycles. The van der Waals surface area contributed by atoms with Crippen LogP contribution in [0.2, 0.25) is 0 Å². The maximum Gasteiger partial charge on any atom is 0.252 e. The summed E-state index contributed by atoms with van der Waals surface area (Å²) in [7, 11) is 1.68. The Balaban J connectivity index is 2.10. The van der Waals surface area contributed by atoms with Crippen LogP contribution in [0.25, 0.3) is 0 Å². The molecule has 1 heterocycles. The summed E-state index contributed by atoms with van der Waals surface area (Å²) in [6, 6.07) is 3.06. The summed E-state index contributed by atoms with van der Waals surface area (Å²) in [6.45, 7) is 0.606. The van der Waals surface area contributed by atoms with Gasteiger partial charge in [-0.3, -0.25) is 9.59 Å². The van der Waals surface area contributed by atoms with Gasteiger partial charge in [0.25, 0.3) is 5.91 Å². The van der Waals surface area contributed by atoms with E-state index in [0.717, 1.165) is 12.1 Å². The van der Waals surface area contributed by atoms with Crippen LogP contribution < -0.4 is 11.1 Å². The first-order valence-electron chi connectivity index (χ1n) is 5.59. The molecule has 2 amide bonds. The minimum Gasteiger partial charge on any atom is -0.399 e. The second-order valence-corrected chi connectivity index (χ2v) is 4.35. The average molecular weight is 251 g/mol. The highest BCUT2D eigenvalue weighted by Gasteiger charge is 2.30. The van der Waals surface area contributed by atoms with Crippen LogP contribution in [0.4, 0.5) is 10.1 Å². The van der Waals surface area contributed by atoms with Gasteiger partial charge in [0.05, 0.1) is 0 Å². The van der Waals surface area contributed by atoms with Crippen LogP contribution >= 0.6 is 0 Å². The molecule has 1 fully saturated rings. The van der Waals surface area contributed by atoms with Gasteiger partial charge in [-0.05, 0) is 24.6 Å². The first-order chi connectivity index (χ1) is 8.47. The second-order valence-electron chi connectivity index (χ2n) is 4.35. The molecule has 0 saturated carbocycles. The van der Waals surface area contributed by atoms with Gasteiger partial charge in [0.15, 0.2) is 0 Å². The number of anilines is 1. The molecule has 6 heteroatoms. The van der Waals surface area contributed by atoms with Gasteiger partial charge in [0, 0.05) is 24.8 Å². The lowest BCUT2D eigenvalue weighted by atomic mass is 10.1. The Bertz CT molecular complexity index is 484. The quantitative estimate of drug-likeness (QED) is 0.746. The summed E-state index contributed by atoms with van der Waals surface area (Å²) in [5, 5.41) is 2.58. The normalized spacial score (nSPS) is 19.1. The summed E-state index contributed by atoms with van der Waals surface area (Å²) in [5.74, 6) is -1.20. The standard InChI is InChI=1S/C12H14FN3O2/c1-16-3-2-10(12(16)18)15-11(17)7-4-8(13)6-9(14)5-7/h4-6,10H,2-3,14H2,1H3,(H,15,17). The number of carbonyl (C=O) groups excluding carboxylic acids is 2.